The van der Waals surface area contributed by atoms with Crippen LogP contribution in [0, 0.1) is 13.8 Å². The highest BCUT2D eigenvalue weighted by Crippen LogP contribution is 2.19. The number of carbonyl (C=O) groups excluding carboxylic acids is 1. The van der Waals surface area contributed by atoms with E-state index in [1.165, 1.54) is 11.1 Å². The molecule has 1 unspecified atom stereocenters. The van der Waals surface area contributed by atoms with Crippen LogP contribution in [0.15, 0.2) is 42.5 Å². The molecule has 0 spiro atoms. The molecule has 2 aromatic rings. The minimum absolute atomic E-state index is 0.0250. The summed E-state index contributed by atoms with van der Waals surface area (Å²) in [5.41, 5.74) is 4.34. The van der Waals surface area contributed by atoms with Crippen LogP contribution in [-0.2, 0) is 9.53 Å². The number of aryl methyl sites for hydroxylation is 2. The predicted octanol–water partition coefficient (Wildman–Crippen LogP) is 3.48. The van der Waals surface area contributed by atoms with Gasteiger partial charge in [0.2, 0.25) is 5.91 Å². The minimum Gasteiger partial charge on any atom is -0.492 e. The minimum atomic E-state index is -0.258. The van der Waals surface area contributed by atoms with E-state index in [1.54, 1.807) is 0 Å². The third kappa shape index (κ3) is 6.21. The molecule has 30 heavy (non-hydrogen) atoms. The van der Waals surface area contributed by atoms with Crippen molar-refractivity contribution in [2.24, 2.45) is 0 Å². The number of hydrogen-bond donors (Lipinski definition) is 1. The number of benzene rings is 2. The number of likely N-dealkylation sites (N-methyl/N-ethyl adjacent to an activating group) is 1. The molecule has 6 nitrogen and oxygen atoms in total. The van der Waals surface area contributed by atoms with Gasteiger partial charge in [-0.1, -0.05) is 6.07 Å². The Kier molecular flexibility index (Phi) is 7.71. The van der Waals surface area contributed by atoms with Gasteiger partial charge in [-0.3, -0.25) is 9.69 Å². The molecule has 6 heteroatoms. The van der Waals surface area contributed by atoms with Gasteiger partial charge in [-0.2, -0.15) is 0 Å². The van der Waals surface area contributed by atoms with E-state index < -0.39 is 0 Å². The Hall–Kier alpha value is -2.57. The average Bonchev–Trinajstić information content (AvgIpc) is 2.73. The molecule has 0 aliphatic carbocycles. The van der Waals surface area contributed by atoms with E-state index in [0.717, 1.165) is 43.4 Å². The van der Waals surface area contributed by atoms with Crippen molar-refractivity contribution in [2.45, 2.75) is 26.8 Å². The molecule has 0 saturated carbocycles. The Morgan fingerprint density at radius 1 is 1.13 bits per heavy atom. The average molecular weight is 412 g/mol. The van der Waals surface area contributed by atoms with Crippen LogP contribution in [0.1, 0.15) is 18.1 Å². The molecule has 162 valence electrons. The Bertz CT molecular complexity index is 812. The summed E-state index contributed by atoms with van der Waals surface area (Å²) in [7, 11) is 1.94. The molecule has 1 saturated heterocycles. The third-order valence-electron chi connectivity index (χ3n) is 5.46. The molecular weight excluding hydrogens is 378 g/mol. The van der Waals surface area contributed by atoms with Crippen molar-refractivity contribution < 1.29 is 14.3 Å². The van der Waals surface area contributed by atoms with E-state index >= 15 is 0 Å². The summed E-state index contributed by atoms with van der Waals surface area (Å²) in [6.07, 6.45) is 0. The largest absolute Gasteiger partial charge is 0.492 e. The summed E-state index contributed by atoms with van der Waals surface area (Å²) in [5.74, 6) is 0.849. The second-order valence-electron chi connectivity index (χ2n) is 7.96. The zero-order chi connectivity index (χ0) is 21.5. The van der Waals surface area contributed by atoms with E-state index in [9.17, 15) is 4.79 Å². The van der Waals surface area contributed by atoms with Gasteiger partial charge in [-0.25, -0.2) is 0 Å². The lowest BCUT2D eigenvalue weighted by Crippen LogP contribution is -2.41. The molecule has 1 amide bonds. The van der Waals surface area contributed by atoms with Crippen molar-refractivity contribution in [2.75, 3.05) is 56.7 Å². The summed E-state index contributed by atoms with van der Waals surface area (Å²) in [5, 5.41) is 3.01. The van der Waals surface area contributed by atoms with Crippen LogP contribution < -0.4 is 15.0 Å². The molecule has 0 aromatic heterocycles. The zero-order valence-corrected chi connectivity index (χ0v) is 18.5. The summed E-state index contributed by atoms with van der Waals surface area (Å²) in [6, 6.07) is 13.9. The number of nitrogens with one attached hydrogen (secondary N) is 1. The van der Waals surface area contributed by atoms with E-state index in [2.05, 4.69) is 30.1 Å². The number of carbonyl (C=O) groups is 1. The van der Waals surface area contributed by atoms with Crippen molar-refractivity contribution in [1.29, 1.82) is 0 Å². The summed E-state index contributed by atoms with van der Waals surface area (Å²) >= 11 is 0. The van der Waals surface area contributed by atoms with Gasteiger partial charge < -0.3 is 19.7 Å². The molecule has 1 aliphatic rings. The molecule has 1 atom stereocenters. The molecule has 0 bridgehead atoms. The van der Waals surface area contributed by atoms with E-state index in [0.29, 0.717) is 13.2 Å². The van der Waals surface area contributed by atoms with Gasteiger partial charge >= 0.3 is 0 Å². The number of morpholine rings is 1. The molecule has 3 rings (SSSR count). The monoisotopic (exact) mass is 411 g/mol. The van der Waals surface area contributed by atoms with Crippen molar-refractivity contribution in [1.82, 2.24) is 4.90 Å². The van der Waals surface area contributed by atoms with Gasteiger partial charge in [0.25, 0.3) is 0 Å². The maximum Gasteiger partial charge on any atom is 0.241 e. The van der Waals surface area contributed by atoms with E-state index in [-0.39, 0.29) is 11.9 Å². The van der Waals surface area contributed by atoms with Crippen LogP contribution in [0.4, 0.5) is 11.4 Å². The van der Waals surface area contributed by atoms with Crippen molar-refractivity contribution in [3.63, 3.8) is 0 Å². The maximum absolute atomic E-state index is 12.6. The topological polar surface area (TPSA) is 54.0 Å². The number of nitrogens with zero attached hydrogens (tertiary/aromatic N) is 2. The summed E-state index contributed by atoms with van der Waals surface area (Å²) in [6.45, 7) is 10.6. The molecule has 1 N–H and O–H groups in total. The Morgan fingerprint density at radius 2 is 1.77 bits per heavy atom. The first-order valence-electron chi connectivity index (χ1n) is 10.6. The maximum atomic E-state index is 12.6. The zero-order valence-electron chi connectivity index (χ0n) is 18.5. The second-order valence-corrected chi connectivity index (χ2v) is 7.96. The van der Waals surface area contributed by atoms with Crippen molar-refractivity contribution in [3.05, 3.63) is 53.6 Å². The van der Waals surface area contributed by atoms with Crippen LogP contribution in [0.3, 0.4) is 0 Å². The van der Waals surface area contributed by atoms with Crippen LogP contribution in [0.2, 0.25) is 0 Å². The lowest BCUT2D eigenvalue weighted by Gasteiger charge is -2.29. The van der Waals surface area contributed by atoms with Gasteiger partial charge in [-0.05, 0) is 75.3 Å². The van der Waals surface area contributed by atoms with Crippen molar-refractivity contribution >= 4 is 17.3 Å². The Balaban J connectivity index is 1.46. The van der Waals surface area contributed by atoms with Crippen LogP contribution in [0.5, 0.6) is 5.75 Å². The molecule has 2 aromatic carbocycles. The van der Waals surface area contributed by atoms with Gasteiger partial charge in [0.15, 0.2) is 0 Å². The number of hydrogen-bond acceptors (Lipinski definition) is 5. The van der Waals surface area contributed by atoms with Gasteiger partial charge in [0, 0.05) is 31.0 Å². The number of ether oxygens (including phenoxy) is 2. The van der Waals surface area contributed by atoms with Crippen LogP contribution in [0.25, 0.3) is 0 Å². The summed E-state index contributed by atoms with van der Waals surface area (Å²) in [4.78, 5) is 16.9. The van der Waals surface area contributed by atoms with E-state index in [4.69, 9.17) is 9.47 Å². The van der Waals surface area contributed by atoms with Crippen molar-refractivity contribution in [3.8, 4) is 5.75 Å². The van der Waals surface area contributed by atoms with Gasteiger partial charge in [-0.15, -0.1) is 0 Å². The molecule has 1 aliphatic heterocycles. The van der Waals surface area contributed by atoms with E-state index in [1.807, 2.05) is 55.3 Å². The Morgan fingerprint density at radius 3 is 2.40 bits per heavy atom. The molecular formula is C24H33N3O3. The second kappa shape index (κ2) is 10.5. The highest BCUT2D eigenvalue weighted by molar-refractivity contribution is 5.94. The lowest BCUT2D eigenvalue weighted by atomic mass is 10.1. The lowest BCUT2D eigenvalue weighted by molar-refractivity contribution is -0.120. The molecule has 1 fully saturated rings. The van der Waals surface area contributed by atoms with Crippen LogP contribution >= 0.6 is 0 Å². The highest BCUT2D eigenvalue weighted by atomic mass is 16.5. The molecule has 1 heterocycles. The Labute approximate surface area is 179 Å². The first kappa shape index (κ1) is 22.1. The summed E-state index contributed by atoms with van der Waals surface area (Å²) < 4.78 is 11.3. The molecule has 0 radical (unpaired) electrons. The predicted molar refractivity (Wildman–Crippen MR) is 122 cm³/mol. The SMILES string of the molecule is Cc1cc(C)cc(OCCN(C)C(C)C(=O)Nc2ccc(N3CCOCC3)cc2)c1. The first-order chi connectivity index (χ1) is 14.4. The normalized spacial score (nSPS) is 15.2. The van der Waals surface area contributed by atoms with Gasteiger partial charge in [0.1, 0.15) is 12.4 Å². The quantitative estimate of drug-likeness (QED) is 0.721. The van der Waals surface area contributed by atoms with Gasteiger partial charge in [0.05, 0.1) is 19.3 Å². The number of amides is 1. The fourth-order valence-corrected chi connectivity index (χ4v) is 3.54. The fourth-order valence-electron chi connectivity index (χ4n) is 3.54. The smallest absolute Gasteiger partial charge is 0.241 e. The highest BCUT2D eigenvalue weighted by Gasteiger charge is 2.18. The number of anilines is 2. The standard InChI is InChI=1S/C24H33N3O3/c1-18-15-19(2)17-23(16-18)30-14-9-26(4)20(3)24(28)25-21-5-7-22(8-6-21)27-10-12-29-13-11-27/h5-8,15-17,20H,9-14H2,1-4H3,(H,25,28). The third-order valence-corrected chi connectivity index (χ3v) is 5.46. The first-order valence-corrected chi connectivity index (χ1v) is 10.6. The number of rotatable bonds is 8. The van der Waals surface area contributed by atoms with Crippen LogP contribution in [-0.4, -0.2) is 63.4 Å². The fraction of sp³-hybridized carbons (Fsp3) is 0.458.